The van der Waals surface area contributed by atoms with Gasteiger partial charge in [0.05, 0.1) is 7.11 Å². The summed E-state index contributed by atoms with van der Waals surface area (Å²) in [7, 11) is 1.39. The molecule has 0 radical (unpaired) electrons. The van der Waals surface area contributed by atoms with E-state index in [1.165, 1.54) is 7.11 Å². The van der Waals surface area contributed by atoms with Crippen LogP contribution in [0, 0.1) is 0 Å². The van der Waals surface area contributed by atoms with Gasteiger partial charge in [0, 0.05) is 13.0 Å². The van der Waals surface area contributed by atoms with Crippen molar-refractivity contribution in [1.82, 2.24) is 5.32 Å². The fourth-order valence-corrected chi connectivity index (χ4v) is 2.48. The highest BCUT2D eigenvalue weighted by Crippen LogP contribution is 2.21. The summed E-state index contributed by atoms with van der Waals surface area (Å²) in [4.78, 5) is 22.7. The Balaban J connectivity index is 1.62. The van der Waals surface area contributed by atoms with Crippen LogP contribution in [0.25, 0.3) is 11.1 Å². The van der Waals surface area contributed by atoms with Gasteiger partial charge in [-0.25, -0.2) is 0 Å². The summed E-state index contributed by atoms with van der Waals surface area (Å²) in [6.45, 7) is 0.573. The van der Waals surface area contributed by atoms with Crippen molar-refractivity contribution in [3.63, 3.8) is 0 Å². The third kappa shape index (κ3) is 6.97. The predicted octanol–water partition coefficient (Wildman–Crippen LogP) is 3.58. The van der Waals surface area contributed by atoms with Crippen molar-refractivity contribution in [3.8, 4) is 16.9 Å². The highest BCUT2D eigenvalue weighted by molar-refractivity contribution is 5.77. The number of benzene rings is 2. The molecule has 2 rings (SSSR count). The van der Waals surface area contributed by atoms with E-state index in [-0.39, 0.29) is 18.5 Å². The summed E-state index contributed by atoms with van der Waals surface area (Å²) >= 11 is 0. The molecule has 138 valence electrons. The first-order valence-corrected chi connectivity index (χ1v) is 8.81. The Morgan fingerprint density at radius 1 is 0.885 bits per heavy atom. The minimum Gasteiger partial charge on any atom is -0.484 e. The van der Waals surface area contributed by atoms with E-state index in [0.29, 0.717) is 18.7 Å². The zero-order valence-electron chi connectivity index (χ0n) is 15.1. The molecule has 0 unspecified atom stereocenters. The summed E-state index contributed by atoms with van der Waals surface area (Å²) in [6, 6.07) is 17.8. The third-order valence-corrected chi connectivity index (χ3v) is 3.94. The zero-order valence-corrected chi connectivity index (χ0v) is 15.1. The Labute approximate surface area is 154 Å². The van der Waals surface area contributed by atoms with Crippen LogP contribution in [0.15, 0.2) is 54.6 Å². The lowest BCUT2D eigenvalue weighted by atomic mass is 10.1. The molecule has 2 aromatic carbocycles. The summed E-state index contributed by atoms with van der Waals surface area (Å²) in [5.74, 6) is 0.323. The van der Waals surface area contributed by atoms with Crippen molar-refractivity contribution >= 4 is 11.9 Å². The topological polar surface area (TPSA) is 64.6 Å². The molecule has 0 aliphatic heterocycles. The molecule has 5 heteroatoms. The average Bonchev–Trinajstić information content (AvgIpc) is 2.69. The highest BCUT2D eigenvalue weighted by Gasteiger charge is 2.04. The van der Waals surface area contributed by atoms with Crippen LogP contribution in [0.5, 0.6) is 5.75 Å². The number of unbranched alkanes of at least 4 members (excludes halogenated alkanes) is 2. The van der Waals surface area contributed by atoms with Crippen LogP contribution in [0.2, 0.25) is 0 Å². The molecular formula is C21H25NO4. The fraction of sp³-hybridized carbons (Fsp3) is 0.333. The lowest BCUT2D eigenvalue weighted by Gasteiger charge is -2.08. The SMILES string of the molecule is COC(=O)CCCCCNC(=O)COc1ccc(-c2ccccc2)cc1. The van der Waals surface area contributed by atoms with Crippen molar-refractivity contribution in [1.29, 1.82) is 0 Å². The van der Waals surface area contributed by atoms with Gasteiger partial charge in [-0.1, -0.05) is 48.9 Å². The Morgan fingerprint density at radius 2 is 1.58 bits per heavy atom. The van der Waals surface area contributed by atoms with E-state index in [4.69, 9.17) is 4.74 Å². The minimum atomic E-state index is -0.194. The van der Waals surface area contributed by atoms with Crippen molar-refractivity contribution < 1.29 is 19.1 Å². The predicted molar refractivity (Wildman–Crippen MR) is 101 cm³/mol. The first kappa shape index (κ1) is 19.5. The number of nitrogens with one attached hydrogen (secondary N) is 1. The van der Waals surface area contributed by atoms with E-state index in [0.717, 1.165) is 30.4 Å². The van der Waals surface area contributed by atoms with Crippen LogP contribution in [-0.4, -0.2) is 32.1 Å². The molecule has 0 aliphatic rings. The Hall–Kier alpha value is -2.82. The van der Waals surface area contributed by atoms with E-state index < -0.39 is 0 Å². The van der Waals surface area contributed by atoms with Crippen molar-refractivity contribution in [2.75, 3.05) is 20.3 Å². The molecule has 0 aromatic heterocycles. The van der Waals surface area contributed by atoms with E-state index >= 15 is 0 Å². The minimum absolute atomic E-state index is 0.00710. The number of esters is 1. The highest BCUT2D eigenvalue weighted by atomic mass is 16.5. The maximum absolute atomic E-state index is 11.8. The quantitative estimate of drug-likeness (QED) is 0.523. The van der Waals surface area contributed by atoms with Gasteiger partial charge in [-0.15, -0.1) is 0 Å². The Kier molecular flexibility index (Phi) is 8.19. The van der Waals surface area contributed by atoms with Crippen molar-refractivity contribution in [2.45, 2.75) is 25.7 Å². The first-order chi connectivity index (χ1) is 12.7. The molecule has 1 N–H and O–H groups in total. The second-order valence-electron chi connectivity index (χ2n) is 5.92. The maximum Gasteiger partial charge on any atom is 0.305 e. The maximum atomic E-state index is 11.8. The number of amides is 1. The van der Waals surface area contributed by atoms with Crippen LogP contribution >= 0.6 is 0 Å². The normalized spacial score (nSPS) is 10.2. The molecule has 2 aromatic rings. The second kappa shape index (κ2) is 10.9. The van der Waals surface area contributed by atoms with Gasteiger partial charge in [-0.2, -0.15) is 0 Å². The molecule has 0 heterocycles. The number of methoxy groups -OCH3 is 1. The molecule has 0 saturated heterocycles. The van der Waals surface area contributed by atoms with Gasteiger partial charge in [-0.05, 0) is 36.1 Å². The van der Waals surface area contributed by atoms with E-state index in [9.17, 15) is 9.59 Å². The lowest BCUT2D eigenvalue weighted by Crippen LogP contribution is -2.29. The Morgan fingerprint density at radius 3 is 2.27 bits per heavy atom. The molecule has 26 heavy (non-hydrogen) atoms. The van der Waals surface area contributed by atoms with Crippen LogP contribution in [0.4, 0.5) is 0 Å². The van der Waals surface area contributed by atoms with Gasteiger partial charge in [-0.3, -0.25) is 9.59 Å². The largest absolute Gasteiger partial charge is 0.484 e. The summed E-state index contributed by atoms with van der Waals surface area (Å²) in [5, 5.41) is 2.81. The fourth-order valence-electron chi connectivity index (χ4n) is 2.48. The summed E-state index contributed by atoms with van der Waals surface area (Å²) in [6.07, 6.45) is 2.89. The van der Waals surface area contributed by atoms with Crippen LogP contribution in [0.3, 0.4) is 0 Å². The number of carbonyl (C=O) groups excluding carboxylic acids is 2. The van der Waals surface area contributed by atoms with Gasteiger partial charge in [0.2, 0.25) is 0 Å². The number of carbonyl (C=O) groups is 2. The van der Waals surface area contributed by atoms with Gasteiger partial charge >= 0.3 is 5.97 Å². The zero-order chi connectivity index (χ0) is 18.6. The van der Waals surface area contributed by atoms with E-state index in [1.54, 1.807) is 0 Å². The molecule has 5 nitrogen and oxygen atoms in total. The molecule has 0 saturated carbocycles. The van der Waals surface area contributed by atoms with E-state index in [1.807, 2.05) is 42.5 Å². The van der Waals surface area contributed by atoms with Gasteiger partial charge < -0.3 is 14.8 Å². The number of hydrogen-bond acceptors (Lipinski definition) is 4. The average molecular weight is 355 g/mol. The van der Waals surface area contributed by atoms with Crippen LogP contribution < -0.4 is 10.1 Å². The third-order valence-electron chi connectivity index (χ3n) is 3.94. The molecule has 0 aliphatic carbocycles. The smallest absolute Gasteiger partial charge is 0.305 e. The lowest BCUT2D eigenvalue weighted by molar-refractivity contribution is -0.140. The second-order valence-corrected chi connectivity index (χ2v) is 5.92. The number of hydrogen-bond donors (Lipinski definition) is 1. The molecule has 0 bridgehead atoms. The van der Waals surface area contributed by atoms with Gasteiger partial charge in [0.1, 0.15) is 5.75 Å². The van der Waals surface area contributed by atoms with E-state index in [2.05, 4.69) is 22.2 Å². The van der Waals surface area contributed by atoms with Gasteiger partial charge in [0.15, 0.2) is 6.61 Å². The van der Waals surface area contributed by atoms with Gasteiger partial charge in [0.25, 0.3) is 5.91 Å². The molecule has 0 atom stereocenters. The standard InChI is InChI=1S/C21H25NO4/c1-25-21(24)10-6-3-7-15-22-20(23)16-26-19-13-11-18(12-14-19)17-8-4-2-5-9-17/h2,4-5,8-9,11-14H,3,6-7,10,15-16H2,1H3,(H,22,23). The van der Waals surface area contributed by atoms with Crippen molar-refractivity contribution in [2.24, 2.45) is 0 Å². The molecule has 0 spiro atoms. The molecule has 0 fully saturated rings. The number of ether oxygens (including phenoxy) is 2. The first-order valence-electron chi connectivity index (χ1n) is 8.81. The summed E-state index contributed by atoms with van der Waals surface area (Å²) in [5.41, 5.74) is 2.25. The van der Waals surface area contributed by atoms with Crippen LogP contribution in [-0.2, 0) is 14.3 Å². The van der Waals surface area contributed by atoms with Crippen LogP contribution in [0.1, 0.15) is 25.7 Å². The Bertz CT molecular complexity index is 683. The molecular weight excluding hydrogens is 330 g/mol. The number of rotatable bonds is 10. The molecule has 1 amide bonds. The summed E-state index contributed by atoms with van der Waals surface area (Å²) < 4.78 is 10.1. The van der Waals surface area contributed by atoms with Crippen molar-refractivity contribution in [3.05, 3.63) is 54.6 Å². The monoisotopic (exact) mass is 355 g/mol.